The highest BCUT2D eigenvalue weighted by atomic mass is 32.1. The Morgan fingerprint density at radius 3 is 2.75 bits per heavy atom. The molecule has 2 N–H and O–H groups in total. The summed E-state index contributed by atoms with van der Waals surface area (Å²) in [6.07, 6.45) is 1.21. The van der Waals surface area contributed by atoms with Gasteiger partial charge in [0.2, 0.25) is 0 Å². The van der Waals surface area contributed by atoms with Crippen LogP contribution in [0, 0.1) is 11.8 Å². The molecule has 1 atom stereocenters. The second-order valence-electron chi connectivity index (χ2n) is 4.91. The molecule has 0 amide bonds. The molecular weight excluding hydrogens is 218 g/mol. The van der Waals surface area contributed by atoms with Crippen molar-refractivity contribution in [1.29, 1.82) is 0 Å². The lowest BCUT2D eigenvalue weighted by atomic mass is 9.97. The van der Waals surface area contributed by atoms with E-state index in [0.29, 0.717) is 5.92 Å². The zero-order valence-corrected chi connectivity index (χ0v) is 11.3. The Bertz CT molecular complexity index is 272. The van der Waals surface area contributed by atoms with Crippen LogP contribution >= 0.6 is 11.3 Å². The van der Waals surface area contributed by atoms with Crippen LogP contribution in [-0.4, -0.2) is 30.0 Å². The highest BCUT2D eigenvalue weighted by Gasteiger charge is 2.12. The molecule has 0 bridgehead atoms. The second kappa shape index (κ2) is 6.99. The van der Waals surface area contributed by atoms with Gasteiger partial charge in [-0.05, 0) is 31.8 Å². The summed E-state index contributed by atoms with van der Waals surface area (Å²) in [7, 11) is 2.14. The molecule has 4 heteroatoms. The van der Waals surface area contributed by atoms with E-state index in [4.69, 9.17) is 5.73 Å². The lowest BCUT2D eigenvalue weighted by Crippen LogP contribution is -2.30. The normalized spacial score (nSPS) is 13.6. The number of thiazole rings is 1. The molecular formula is C12H23N3S. The van der Waals surface area contributed by atoms with Crippen molar-refractivity contribution in [3.63, 3.8) is 0 Å². The van der Waals surface area contributed by atoms with Crippen LogP contribution in [0.1, 0.15) is 26.0 Å². The van der Waals surface area contributed by atoms with Crippen molar-refractivity contribution in [2.24, 2.45) is 17.6 Å². The Balaban J connectivity index is 2.34. The van der Waals surface area contributed by atoms with Gasteiger partial charge in [-0.2, -0.15) is 0 Å². The Kier molecular flexibility index (Phi) is 5.95. The molecule has 0 saturated carbocycles. The van der Waals surface area contributed by atoms with Crippen LogP contribution in [0.4, 0.5) is 0 Å². The van der Waals surface area contributed by atoms with Crippen molar-refractivity contribution in [1.82, 2.24) is 9.88 Å². The number of aromatic nitrogens is 1. The molecule has 0 saturated heterocycles. The molecule has 0 fully saturated rings. The van der Waals surface area contributed by atoms with Crippen molar-refractivity contribution < 1.29 is 0 Å². The minimum atomic E-state index is 0.601. The van der Waals surface area contributed by atoms with Gasteiger partial charge in [-0.25, -0.2) is 4.98 Å². The first kappa shape index (κ1) is 13.6. The molecule has 1 unspecified atom stereocenters. The summed E-state index contributed by atoms with van der Waals surface area (Å²) < 4.78 is 0. The van der Waals surface area contributed by atoms with Gasteiger partial charge in [0.1, 0.15) is 0 Å². The number of rotatable bonds is 7. The zero-order valence-electron chi connectivity index (χ0n) is 10.5. The van der Waals surface area contributed by atoms with Gasteiger partial charge >= 0.3 is 0 Å². The third-order valence-corrected chi connectivity index (χ3v) is 3.26. The molecule has 0 aromatic carbocycles. The molecule has 16 heavy (non-hydrogen) atoms. The average molecular weight is 241 g/mol. The van der Waals surface area contributed by atoms with Gasteiger partial charge in [0.05, 0.1) is 11.2 Å². The van der Waals surface area contributed by atoms with E-state index in [1.807, 2.05) is 5.51 Å². The Hall–Kier alpha value is -0.450. The van der Waals surface area contributed by atoms with Crippen molar-refractivity contribution in [2.75, 3.05) is 20.1 Å². The van der Waals surface area contributed by atoms with E-state index in [1.54, 1.807) is 11.3 Å². The molecule has 1 aromatic rings. The number of nitrogens with two attached hydrogens (primary N) is 1. The lowest BCUT2D eigenvalue weighted by molar-refractivity contribution is 0.248. The SMILES string of the molecule is CC(C)CC(CN)CN(C)Cc1cscn1. The third kappa shape index (κ3) is 5.05. The van der Waals surface area contributed by atoms with Gasteiger partial charge in [0.25, 0.3) is 0 Å². The average Bonchev–Trinajstić information content (AvgIpc) is 2.68. The summed E-state index contributed by atoms with van der Waals surface area (Å²) in [5, 5.41) is 2.11. The van der Waals surface area contributed by atoms with Crippen LogP contribution in [0.25, 0.3) is 0 Å². The van der Waals surface area contributed by atoms with E-state index in [0.717, 1.165) is 31.2 Å². The smallest absolute Gasteiger partial charge is 0.0795 e. The molecule has 0 aliphatic heterocycles. The first-order chi connectivity index (χ1) is 7.61. The van der Waals surface area contributed by atoms with Crippen molar-refractivity contribution in [3.05, 3.63) is 16.6 Å². The van der Waals surface area contributed by atoms with Gasteiger partial charge in [-0.1, -0.05) is 13.8 Å². The number of nitrogens with zero attached hydrogens (tertiary/aromatic N) is 2. The Labute approximate surface area is 103 Å². The van der Waals surface area contributed by atoms with Crippen LogP contribution in [-0.2, 0) is 6.54 Å². The summed E-state index contributed by atoms with van der Waals surface area (Å²) in [5.41, 5.74) is 8.85. The molecule has 1 heterocycles. The molecule has 0 aliphatic carbocycles. The summed E-state index contributed by atoms with van der Waals surface area (Å²) in [4.78, 5) is 6.61. The van der Waals surface area contributed by atoms with Crippen LogP contribution in [0.5, 0.6) is 0 Å². The van der Waals surface area contributed by atoms with E-state index in [-0.39, 0.29) is 0 Å². The second-order valence-corrected chi connectivity index (χ2v) is 5.63. The minimum absolute atomic E-state index is 0.601. The minimum Gasteiger partial charge on any atom is -0.330 e. The van der Waals surface area contributed by atoms with Gasteiger partial charge in [-0.15, -0.1) is 11.3 Å². The molecule has 3 nitrogen and oxygen atoms in total. The largest absolute Gasteiger partial charge is 0.330 e. The lowest BCUT2D eigenvalue weighted by Gasteiger charge is -2.23. The monoisotopic (exact) mass is 241 g/mol. The van der Waals surface area contributed by atoms with Crippen LogP contribution in [0.3, 0.4) is 0 Å². The fourth-order valence-corrected chi connectivity index (χ4v) is 2.56. The maximum absolute atomic E-state index is 5.80. The van der Waals surface area contributed by atoms with E-state index in [1.165, 1.54) is 6.42 Å². The fourth-order valence-electron chi connectivity index (χ4n) is 2.01. The van der Waals surface area contributed by atoms with Gasteiger partial charge in [0.15, 0.2) is 0 Å². The Morgan fingerprint density at radius 1 is 1.50 bits per heavy atom. The highest BCUT2D eigenvalue weighted by molar-refractivity contribution is 7.07. The molecule has 92 valence electrons. The quantitative estimate of drug-likeness (QED) is 0.796. The molecule has 1 aromatic heterocycles. The van der Waals surface area contributed by atoms with Gasteiger partial charge in [-0.3, -0.25) is 0 Å². The van der Waals surface area contributed by atoms with Crippen LogP contribution < -0.4 is 5.73 Å². The molecule has 0 spiro atoms. The zero-order chi connectivity index (χ0) is 12.0. The van der Waals surface area contributed by atoms with Gasteiger partial charge < -0.3 is 10.6 Å². The predicted octanol–water partition coefficient (Wildman–Crippen LogP) is 2.20. The maximum atomic E-state index is 5.80. The topological polar surface area (TPSA) is 42.1 Å². The first-order valence-corrected chi connectivity index (χ1v) is 6.81. The third-order valence-electron chi connectivity index (χ3n) is 2.62. The summed E-state index contributed by atoms with van der Waals surface area (Å²) in [5.74, 6) is 1.32. The van der Waals surface area contributed by atoms with Crippen molar-refractivity contribution >= 4 is 11.3 Å². The molecule has 0 aliphatic rings. The van der Waals surface area contributed by atoms with Crippen molar-refractivity contribution in [3.8, 4) is 0 Å². The summed E-state index contributed by atoms with van der Waals surface area (Å²) in [6.45, 7) is 7.27. The highest BCUT2D eigenvalue weighted by Crippen LogP contribution is 2.13. The van der Waals surface area contributed by atoms with E-state index < -0.39 is 0 Å². The van der Waals surface area contributed by atoms with Crippen molar-refractivity contribution in [2.45, 2.75) is 26.8 Å². The molecule has 0 radical (unpaired) electrons. The number of hydrogen-bond acceptors (Lipinski definition) is 4. The summed E-state index contributed by atoms with van der Waals surface area (Å²) in [6, 6.07) is 0. The van der Waals surface area contributed by atoms with Gasteiger partial charge in [0, 0.05) is 18.5 Å². The van der Waals surface area contributed by atoms with E-state index >= 15 is 0 Å². The fraction of sp³-hybridized carbons (Fsp3) is 0.750. The Morgan fingerprint density at radius 2 is 2.25 bits per heavy atom. The maximum Gasteiger partial charge on any atom is 0.0795 e. The van der Waals surface area contributed by atoms with Crippen LogP contribution in [0.15, 0.2) is 10.9 Å². The predicted molar refractivity (Wildman–Crippen MR) is 70.4 cm³/mol. The van der Waals surface area contributed by atoms with E-state index in [2.05, 4.69) is 36.2 Å². The van der Waals surface area contributed by atoms with E-state index in [9.17, 15) is 0 Å². The van der Waals surface area contributed by atoms with Crippen LogP contribution in [0.2, 0.25) is 0 Å². The summed E-state index contributed by atoms with van der Waals surface area (Å²) >= 11 is 1.65. The standard InChI is InChI=1S/C12H23N3S/c1-10(2)4-11(5-13)6-15(3)7-12-8-16-9-14-12/h8-11H,4-7,13H2,1-3H3. The number of hydrogen-bond donors (Lipinski definition) is 1. The first-order valence-electron chi connectivity index (χ1n) is 5.87. The molecule has 1 rings (SSSR count).